The van der Waals surface area contributed by atoms with Crippen molar-refractivity contribution in [2.45, 2.75) is 19.4 Å². The number of benzene rings is 1. The topological polar surface area (TPSA) is 57.9 Å². The molecule has 0 unspecified atom stereocenters. The number of aliphatic hydroxyl groups excluding tert-OH is 1. The first-order chi connectivity index (χ1) is 11.3. The highest BCUT2D eigenvalue weighted by Gasteiger charge is 2.18. The molecule has 126 valence electrons. The maximum Gasteiger partial charge on any atom is 0.176 e. The Balaban J connectivity index is 1.48. The zero-order valence-corrected chi connectivity index (χ0v) is 13.8. The Morgan fingerprint density at radius 1 is 1.35 bits per heavy atom. The van der Waals surface area contributed by atoms with Crippen LogP contribution in [0.2, 0.25) is 0 Å². The number of furan rings is 1. The van der Waals surface area contributed by atoms with Gasteiger partial charge in [0.05, 0.1) is 20.3 Å². The van der Waals surface area contributed by atoms with E-state index < -0.39 is 0 Å². The summed E-state index contributed by atoms with van der Waals surface area (Å²) in [6.45, 7) is 5.01. The first kappa shape index (κ1) is 16.3. The van der Waals surface area contributed by atoms with Crippen LogP contribution in [0.1, 0.15) is 18.6 Å². The SMILES string of the molecule is COc1cccc2cc(CNCC3CCN(CCO)CC3)oc12. The molecule has 5 nitrogen and oxygen atoms in total. The van der Waals surface area contributed by atoms with E-state index in [1.54, 1.807) is 7.11 Å². The van der Waals surface area contributed by atoms with E-state index in [0.717, 1.165) is 55.2 Å². The third-order valence-corrected chi connectivity index (χ3v) is 4.63. The predicted molar refractivity (Wildman–Crippen MR) is 90.7 cm³/mol. The minimum Gasteiger partial charge on any atom is -0.493 e. The number of ether oxygens (including phenoxy) is 1. The lowest BCUT2D eigenvalue weighted by Gasteiger charge is -2.31. The molecular formula is C18H26N2O3. The van der Waals surface area contributed by atoms with Gasteiger partial charge >= 0.3 is 0 Å². The van der Waals surface area contributed by atoms with Gasteiger partial charge in [0, 0.05) is 11.9 Å². The molecule has 0 atom stereocenters. The molecule has 0 bridgehead atoms. The fraction of sp³-hybridized carbons (Fsp3) is 0.556. The molecule has 0 amide bonds. The quantitative estimate of drug-likeness (QED) is 0.820. The van der Waals surface area contributed by atoms with E-state index in [-0.39, 0.29) is 6.61 Å². The molecule has 0 radical (unpaired) electrons. The number of para-hydroxylation sites is 1. The average molecular weight is 318 g/mol. The Hall–Kier alpha value is -1.56. The lowest BCUT2D eigenvalue weighted by atomic mass is 9.97. The molecule has 1 aliphatic rings. The molecule has 0 saturated carbocycles. The zero-order valence-electron chi connectivity index (χ0n) is 13.8. The van der Waals surface area contributed by atoms with E-state index in [2.05, 4.69) is 16.3 Å². The monoisotopic (exact) mass is 318 g/mol. The van der Waals surface area contributed by atoms with E-state index in [4.69, 9.17) is 14.3 Å². The Bertz CT molecular complexity index is 618. The van der Waals surface area contributed by atoms with E-state index in [1.165, 1.54) is 12.8 Å². The fourth-order valence-electron chi connectivity index (χ4n) is 3.29. The predicted octanol–water partition coefficient (Wildman–Crippen LogP) is 2.24. The summed E-state index contributed by atoms with van der Waals surface area (Å²) in [7, 11) is 1.67. The standard InChI is InChI=1S/C18H26N2O3/c1-22-17-4-2-3-15-11-16(23-18(15)17)13-19-12-14-5-7-20(8-6-14)9-10-21/h2-4,11,14,19,21H,5-10,12-13H2,1H3. The highest BCUT2D eigenvalue weighted by Crippen LogP contribution is 2.28. The molecule has 2 aromatic rings. The van der Waals surface area contributed by atoms with Crippen LogP contribution >= 0.6 is 0 Å². The molecule has 23 heavy (non-hydrogen) atoms. The van der Waals surface area contributed by atoms with Crippen molar-refractivity contribution in [2.24, 2.45) is 5.92 Å². The van der Waals surface area contributed by atoms with Crippen molar-refractivity contribution in [2.75, 3.05) is 39.9 Å². The molecule has 1 aliphatic heterocycles. The van der Waals surface area contributed by atoms with Gasteiger partial charge in [0.1, 0.15) is 5.76 Å². The number of aliphatic hydroxyl groups is 1. The third-order valence-electron chi connectivity index (χ3n) is 4.63. The molecule has 0 aliphatic carbocycles. The number of nitrogens with zero attached hydrogens (tertiary/aromatic N) is 1. The number of methoxy groups -OCH3 is 1. The molecule has 1 aromatic heterocycles. The molecule has 5 heteroatoms. The van der Waals surface area contributed by atoms with Crippen molar-refractivity contribution in [3.63, 3.8) is 0 Å². The van der Waals surface area contributed by atoms with Crippen LogP contribution in [-0.2, 0) is 6.54 Å². The molecule has 1 aromatic carbocycles. The second kappa shape index (κ2) is 7.81. The molecule has 0 spiro atoms. The zero-order chi connectivity index (χ0) is 16.1. The smallest absolute Gasteiger partial charge is 0.176 e. The highest BCUT2D eigenvalue weighted by molar-refractivity contribution is 5.83. The third kappa shape index (κ3) is 4.05. The van der Waals surface area contributed by atoms with Gasteiger partial charge in [-0.2, -0.15) is 0 Å². The van der Waals surface area contributed by atoms with Crippen LogP contribution in [0.5, 0.6) is 5.75 Å². The van der Waals surface area contributed by atoms with Crippen molar-refractivity contribution in [3.8, 4) is 5.75 Å². The van der Waals surface area contributed by atoms with Gasteiger partial charge in [-0.1, -0.05) is 12.1 Å². The van der Waals surface area contributed by atoms with Crippen LogP contribution in [0, 0.1) is 5.92 Å². The van der Waals surface area contributed by atoms with Gasteiger partial charge < -0.3 is 24.5 Å². The van der Waals surface area contributed by atoms with Crippen molar-refractivity contribution >= 4 is 11.0 Å². The van der Waals surface area contributed by atoms with Gasteiger partial charge in [-0.05, 0) is 50.5 Å². The van der Waals surface area contributed by atoms with Crippen molar-refractivity contribution in [1.29, 1.82) is 0 Å². The molecule has 1 fully saturated rings. The molecule has 2 heterocycles. The summed E-state index contributed by atoms with van der Waals surface area (Å²) in [6, 6.07) is 8.02. The second-order valence-corrected chi connectivity index (χ2v) is 6.23. The number of piperidine rings is 1. The van der Waals surface area contributed by atoms with Gasteiger partial charge in [0.25, 0.3) is 0 Å². The summed E-state index contributed by atoms with van der Waals surface area (Å²) >= 11 is 0. The Morgan fingerprint density at radius 2 is 2.17 bits per heavy atom. The van der Waals surface area contributed by atoms with E-state index in [9.17, 15) is 0 Å². The van der Waals surface area contributed by atoms with Gasteiger partial charge in [-0.25, -0.2) is 0 Å². The average Bonchev–Trinajstić information content (AvgIpc) is 2.99. The number of fused-ring (bicyclic) bond motifs is 1. The molecule has 3 rings (SSSR count). The summed E-state index contributed by atoms with van der Waals surface area (Å²) < 4.78 is 11.2. The van der Waals surface area contributed by atoms with Crippen molar-refractivity contribution < 1.29 is 14.3 Å². The summed E-state index contributed by atoms with van der Waals surface area (Å²) in [5, 5.41) is 13.6. The number of nitrogens with one attached hydrogen (secondary N) is 1. The second-order valence-electron chi connectivity index (χ2n) is 6.23. The summed E-state index contributed by atoms with van der Waals surface area (Å²) in [5.74, 6) is 2.44. The summed E-state index contributed by atoms with van der Waals surface area (Å²) in [5.41, 5.74) is 0.823. The Morgan fingerprint density at radius 3 is 2.91 bits per heavy atom. The van der Waals surface area contributed by atoms with Crippen LogP contribution in [0.3, 0.4) is 0 Å². The van der Waals surface area contributed by atoms with Gasteiger partial charge in [0.15, 0.2) is 11.3 Å². The molecular weight excluding hydrogens is 292 g/mol. The van der Waals surface area contributed by atoms with Crippen LogP contribution in [-0.4, -0.2) is 49.9 Å². The Labute approximate surface area is 137 Å². The summed E-state index contributed by atoms with van der Waals surface area (Å²) in [6.07, 6.45) is 2.39. The highest BCUT2D eigenvalue weighted by atomic mass is 16.5. The van der Waals surface area contributed by atoms with E-state index in [1.807, 2.05) is 18.2 Å². The van der Waals surface area contributed by atoms with Crippen LogP contribution in [0.25, 0.3) is 11.0 Å². The number of β-amino-alcohol motifs (C(OH)–C–C–N with tert-alkyl or cyclic N) is 1. The Kier molecular flexibility index (Phi) is 5.54. The largest absolute Gasteiger partial charge is 0.493 e. The number of likely N-dealkylation sites (tertiary alicyclic amines) is 1. The van der Waals surface area contributed by atoms with Crippen molar-refractivity contribution in [3.05, 3.63) is 30.0 Å². The van der Waals surface area contributed by atoms with Crippen LogP contribution in [0.4, 0.5) is 0 Å². The maximum atomic E-state index is 8.98. The number of rotatable bonds is 7. The molecule has 2 N–H and O–H groups in total. The minimum atomic E-state index is 0.262. The van der Waals surface area contributed by atoms with E-state index >= 15 is 0 Å². The number of hydrogen-bond donors (Lipinski definition) is 2. The first-order valence-corrected chi connectivity index (χ1v) is 8.39. The first-order valence-electron chi connectivity index (χ1n) is 8.39. The van der Waals surface area contributed by atoms with Gasteiger partial charge in [-0.15, -0.1) is 0 Å². The lowest BCUT2D eigenvalue weighted by molar-refractivity contribution is 0.146. The fourth-order valence-corrected chi connectivity index (χ4v) is 3.29. The molecule has 1 saturated heterocycles. The van der Waals surface area contributed by atoms with Crippen LogP contribution < -0.4 is 10.1 Å². The maximum absolute atomic E-state index is 8.98. The minimum absolute atomic E-state index is 0.262. The normalized spacial score (nSPS) is 17.0. The van der Waals surface area contributed by atoms with Gasteiger partial charge in [0.2, 0.25) is 0 Å². The van der Waals surface area contributed by atoms with E-state index in [0.29, 0.717) is 5.92 Å². The van der Waals surface area contributed by atoms with Gasteiger partial charge in [-0.3, -0.25) is 0 Å². The van der Waals surface area contributed by atoms with Crippen molar-refractivity contribution in [1.82, 2.24) is 10.2 Å². The lowest BCUT2D eigenvalue weighted by Crippen LogP contribution is -2.38. The number of hydrogen-bond acceptors (Lipinski definition) is 5. The summed E-state index contributed by atoms with van der Waals surface area (Å²) in [4.78, 5) is 2.34. The van der Waals surface area contributed by atoms with Crippen LogP contribution in [0.15, 0.2) is 28.7 Å².